The number of aliphatic hydroxyl groups excluding tert-OH is 2. The number of hydrogen-bond acceptors (Lipinski definition) is 9. The molecule has 0 fully saturated rings. The van der Waals surface area contributed by atoms with Crippen LogP contribution >= 0.6 is 0 Å². The molecular formula is C28H37N3O7. The molecule has 1 aromatic carbocycles. The van der Waals surface area contributed by atoms with Crippen LogP contribution in [0.1, 0.15) is 56.0 Å². The highest BCUT2D eigenvalue weighted by Gasteiger charge is 2.66. The van der Waals surface area contributed by atoms with Crippen LogP contribution < -0.4 is 11.1 Å². The van der Waals surface area contributed by atoms with Crippen LogP contribution in [0.25, 0.3) is 0 Å². The van der Waals surface area contributed by atoms with Crippen LogP contribution in [-0.4, -0.2) is 81.2 Å². The van der Waals surface area contributed by atoms with E-state index in [2.05, 4.69) is 5.32 Å². The molecule has 7 N–H and O–H groups in total. The van der Waals surface area contributed by atoms with E-state index in [1.165, 1.54) is 11.0 Å². The average molecular weight is 528 g/mol. The van der Waals surface area contributed by atoms with Crippen LogP contribution in [-0.2, 0) is 9.59 Å². The van der Waals surface area contributed by atoms with Crippen molar-refractivity contribution in [2.45, 2.75) is 57.8 Å². The number of fused-ring (bicyclic) bond motifs is 3. The molecule has 0 bridgehead atoms. The molecule has 6 atom stereocenters. The number of nitrogens with zero attached hydrogens (tertiary/aromatic N) is 1. The Balaban J connectivity index is 2.12. The van der Waals surface area contributed by atoms with Gasteiger partial charge in [-0.2, -0.15) is 0 Å². The van der Waals surface area contributed by atoms with Crippen LogP contribution in [0.5, 0.6) is 5.75 Å². The van der Waals surface area contributed by atoms with E-state index in [4.69, 9.17) is 5.73 Å². The Kier molecular flexibility index (Phi) is 6.75. The highest BCUT2D eigenvalue weighted by atomic mass is 16.3. The first-order chi connectivity index (χ1) is 17.6. The predicted octanol–water partition coefficient (Wildman–Crippen LogP) is 1.12. The van der Waals surface area contributed by atoms with Crippen molar-refractivity contribution in [3.63, 3.8) is 0 Å². The molecule has 3 aliphatic carbocycles. The minimum atomic E-state index is -2.51. The summed E-state index contributed by atoms with van der Waals surface area (Å²) in [4.78, 5) is 41.3. The molecule has 10 nitrogen and oxygen atoms in total. The zero-order chi connectivity index (χ0) is 28.5. The molecule has 1 amide bonds. The van der Waals surface area contributed by atoms with Gasteiger partial charge in [0.05, 0.1) is 29.3 Å². The molecule has 0 spiro atoms. The number of Topliss-reactive ketones (excluding diaryl/α,β-unsaturated/α-hetero) is 2. The van der Waals surface area contributed by atoms with Gasteiger partial charge in [0.2, 0.25) is 0 Å². The minimum absolute atomic E-state index is 0.00752. The van der Waals surface area contributed by atoms with Crippen molar-refractivity contribution in [2.24, 2.45) is 23.0 Å². The number of phenolic OH excluding ortho intramolecular Hbond substituents is 1. The second kappa shape index (κ2) is 9.21. The van der Waals surface area contributed by atoms with Gasteiger partial charge in [0.15, 0.2) is 17.2 Å². The molecule has 0 saturated heterocycles. The Hall–Kier alpha value is -3.21. The van der Waals surface area contributed by atoms with Gasteiger partial charge in [-0.1, -0.05) is 39.8 Å². The molecule has 10 heteroatoms. The number of nitrogens with one attached hydrogen (secondary N) is 1. The van der Waals surface area contributed by atoms with Crippen LogP contribution in [0.4, 0.5) is 0 Å². The smallest absolute Gasteiger partial charge is 0.255 e. The summed E-state index contributed by atoms with van der Waals surface area (Å²) in [6, 6.07) is 3.46. The lowest BCUT2D eigenvalue weighted by Crippen LogP contribution is -2.69. The van der Waals surface area contributed by atoms with Gasteiger partial charge in [-0.05, 0) is 43.5 Å². The molecule has 3 aliphatic rings. The number of rotatable bonds is 6. The number of nitrogens with two attached hydrogens (primary N) is 1. The Bertz CT molecular complexity index is 1280. The van der Waals surface area contributed by atoms with E-state index < -0.39 is 64.3 Å². The van der Waals surface area contributed by atoms with E-state index in [1.54, 1.807) is 33.2 Å². The molecule has 0 aromatic heterocycles. The van der Waals surface area contributed by atoms with Gasteiger partial charge in [0.1, 0.15) is 17.1 Å². The number of primary amides is 1. The number of phenols is 1. The maximum absolute atomic E-state index is 14.0. The Labute approximate surface area is 221 Å². The fourth-order valence-corrected chi connectivity index (χ4v) is 6.29. The molecular weight excluding hydrogens is 490 g/mol. The summed E-state index contributed by atoms with van der Waals surface area (Å²) in [5.41, 5.74) is 2.36. The zero-order valence-corrected chi connectivity index (χ0v) is 22.6. The number of likely N-dealkylation sites (N-methyl/N-ethyl adjacent to an activating group) is 1. The van der Waals surface area contributed by atoms with Crippen molar-refractivity contribution in [3.8, 4) is 5.75 Å². The van der Waals surface area contributed by atoms with Gasteiger partial charge >= 0.3 is 0 Å². The number of benzene rings is 1. The first-order valence-electron chi connectivity index (χ1n) is 12.8. The second-order valence-corrected chi connectivity index (χ2v) is 11.7. The maximum atomic E-state index is 14.0. The van der Waals surface area contributed by atoms with Gasteiger partial charge in [-0.3, -0.25) is 19.3 Å². The van der Waals surface area contributed by atoms with Crippen molar-refractivity contribution in [3.05, 3.63) is 51.9 Å². The third-order valence-corrected chi connectivity index (χ3v) is 8.73. The summed E-state index contributed by atoms with van der Waals surface area (Å²) in [7, 11) is 3.12. The average Bonchev–Trinajstić information content (AvgIpc) is 2.82. The summed E-state index contributed by atoms with van der Waals surface area (Å²) in [5.74, 6) is -6.63. The van der Waals surface area contributed by atoms with Crippen molar-refractivity contribution >= 4 is 17.5 Å². The normalized spacial score (nSPS) is 31.2. The second-order valence-electron chi connectivity index (χ2n) is 11.7. The molecule has 1 aromatic rings. The molecule has 38 heavy (non-hydrogen) atoms. The number of carbonyl (C=O) groups excluding carboxylic acids is 3. The molecule has 0 saturated carbocycles. The number of aliphatic hydroxyl groups is 3. The Morgan fingerprint density at radius 3 is 2.39 bits per heavy atom. The number of aromatic hydroxyl groups is 1. The van der Waals surface area contributed by atoms with E-state index in [-0.39, 0.29) is 34.5 Å². The van der Waals surface area contributed by atoms with E-state index in [0.29, 0.717) is 5.56 Å². The van der Waals surface area contributed by atoms with E-state index in [0.717, 1.165) is 6.42 Å². The quantitative estimate of drug-likeness (QED) is 0.296. The highest BCUT2D eigenvalue weighted by Crippen LogP contribution is 2.56. The number of hydrogen-bond donors (Lipinski definition) is 6. The van der Waals surface area contributed by atoms with Crippen LogP contribution in [0.3, 0.4) is 0 Å². The topological polar surface area (TPSA) is 173 Å². The Morgan fingerprint density at radius 1 is 1.21 bits per heavy atom. The lowest BCUT2D eigenvalue weighted by atomic mass is 9.55. The van der Waals surface area contributed by atoms with Gasteiger partial charge < -0.3 is 31.5 Å². The molecule has 0 heterocycles. The number of carbonyl (C=O) groups is 3. The third kappa shape index (κ3) is 3.77. The molecule has 3 unspecified atom stereocenters. The SMILES string of the molecule is CCC(C)(C)CNC1=C2C(=O)c3c(O)cccc3[C@H](C)C2C(O)C2[C@H](N(C)C)C(=O)C(C(N)=O)=C(O)[C@@]12O. The summed E-state index contributed by atoms with van der Waals surface area (Å²) < 4.78 is 0. The third-order valence-electron chi connectivity index (χ3n) is 8.73. The first kappa shape index (κ1) is 27.8. The van der Waals surface area contributed by atoms with Gasteiger partial charge in [0.25, 0.3) is 5.91 Å². The van der Waals surface area contributed by atoms with E-state index in [1.807, 2.05) is 20.8 Å². The number of ketones is 2. The van der Waals surface area contributed by atoms with E-state index in [9.17, 15) is 34.8 Å². The van der Waals surface area contributed by atoms with Gasteiger partial charge in [0, 0.05) is 18.0 Å². The largest absolute Gasteiger partial charge is 0.508 e. The van der Waals surface area contributed by atoms with Crippen LogP contribution in [0.15, 0.2) is 40.8 Å². The fourth-order valence-electron chi connectivity index (χ4n) is 6.29. The zero-order valence-electron chi connectivity index (χ0n) is 22.6. The highest BCUT2D eigenvalue weighted by molar-refractivity contribution is 6.22. The summed E-state index contributed by atoms with van der Waals surface area (Å²) in [6.07, 6.45) is -0.750. The van der Waals surface area contributed by atoms with Gasteiger partial charge in [-0.25, -0.2) is 0 Å². The lowest BCUT2D eigenvalue weighted by Gasteiger charge is -2.55. The van der Waals surface area contributed by atoms with Crippen molar-refractivity contribution in [1.82, 2.24) is 10.2 Å². The standard InChI is InChI=1S/C28H37N3O7/c1-7-27(3,4)11-30-24-17-15(12(2)13-9-8-10-14(32)16(13)21(17)33)22(34)19-20(31(5)6)23(35)18(26(29)37)25(36)28(19,24)38/h8-10,12,15,19-20,22,30,32,34,36,38H,7,11H2,1-6H3,(H2,29,37)/t12-,15?,19?,20-,22?,28-/m0/s1. The number of amides is 1. The molecule has 4 rings (SSSR count). The summed E-state index contributed by atoms with van der Waals surface area (Å²) in [5, 5.41) is 49.4. The molecule has 0 radical (unpaired) electrons. The first-order valence-corrected chi connectivity index (χ1v) is 12.8. The minimum Gasteiger partial charge on any atom is -0.508 e. The van der Waals surface area contributed by atoms with Crippen molar-refractivity contribution in [2.75, 3.05) is 20.6 Å². The predicted molar refractivity (Wildman–Crippen MR) is 139 cm³/mol. The maximum Gasteiger partial charge on any atom is 0.255 e. The monoisotopic (exact) mass is 527 g/mol. The van der Waals surface area contributed by atoms with Crippen LogP contribution in [0.2, 0.25) is 0 Å². The van der Waals surface area contributed by atoms with E-state index >= 15 is 0 Å². The van der Waals surface area contributed by atoms with Crippen molar-refractivity contribution < 1.29 is 34.8 Å². The summed E-state index contributed by atoms with van der Waals surface area (Å²) in [6.45, 7) is 8.00. The molecule has 0 aliphatic heterocycles. The Morgan fingerprint density at radius 2 is 1.84 bits per heavy atom. The summed E-state index contributed by atoms with van der Waals surface area (Å²) >= 11 is 0. The molecule has 206 valence electrons. The van der Waals surface area contributed by atoms with Crippen molar-refractivity contribution in [1.29, 1.82) is 0 Å². The lowest BCUT2D eigenvalue weighted by molar-refractivity contribution is -0.146. The van der Waals surface area contributed by atoms with Crippen LogP contribution in [0, 0.1) is 17.3 Å². The van der Waals surface area contributed by atoms with Gasteiger partial charge in [-0.15, -0.1) is 0 Å². The fraction of sp³-hybridized carbons (Fsp3) is 0.536.